The number of methoxy groups -OCH3 is 2. The van der Waals surface area contributed by atoms with Crippen molar-refractivity contribution in [3.8, 4) is 5.75 Å². The lowest BCUT2D eigenvalue weighted by atomic mass is 10.1. The van der Waals surface area contributed by atoms with E-state index in [0.717, 1.165) is 36.9 Å². The molecule has 0 bridgehead atoms. The van der Waals surface area contributed by atoms with E-state index in [9.17, 15) is 0 Å². The van der Waals surface area contributed by atoms with Crippen molar-refractivity contribution in [3.05, 3.63) is 47.5 Å². The highest BCUT2D eigenvalue weighted by atomic mass is 16.5. The van der Waals surface area contributed by atoms with E-state index in [-0.39, 0.29) is 0 Å². The number of ether oxygens (including phenoxy) is 2. The number of hydrogen-bond acceptors (Lipinski definition) is 4. The maximum absolute atomic E-state index is 5.25. The minimum Gasteiger partial charge on any atom is -0.497 e. The minimum absolute atomic E-state index is 0.307. The Morgan fingerprint density at radius 1 is 1.18 bits per heavy atom. The van der Waals surface area contributed by atoms with Crippen molar-refractivity contribution in [1.82, 2.24) is 14.5 Å². The molecule has 1 aliphatic heterocycles. The summed E-state index contributed by atoms with van der Waals surface area (Å²) in [5, 5.41) is 0. The van der Waals surface area contributed by atoms with Crippen LogP contribution in [0.25, 0.3) is 0 Å². The molecule has 0 unspecified atom stereocenters. The van der Waals surface area contributed by atoms with Crippen LogP contribution in [0.5, 0.6) is 5.75 Å². The van der Waals surface area contributed by atoms with Crippen molar-refractivity contribution in [2.45, 2.75) is 32.7 Å². The highest BCUT2D eigenvalue weighted by Crippen LogP contribution is 2.27. The van der Waals surface area contributed by atoms with Gasteiger partial charge in [0.2, 0.25) is 0 Å². The SMILES string of the molecule is COCc1cnc2n1CCN(Cc1ccc(OC)cc1)[C@@H]2C. The number of hydrogen-bond donors (Lipinski definition) is 0. The minimum atomic E-state index is 0.307. The molecule has 0 saturated heterocycles. The van der Waals surface area contributed by atoms with E-state index in [4.69, 9.17) is 9.47 Å². The van der Waals surface area contributed by atoms with E-state index in [0.29, 0.717) is 12.6 Å². The van der Waals surface area contributed by atoms with Gasteiger partial charge >= 0.3 is 0 Å². The van der Waals surface area contributed by atoms with Crippen LogP contribution >= 0.6 is 0 Å². The van der Waals surface area contributed by atoms with Crippen LogP contribution in [0.1, 0.15) is 30.0 Å². The van der Waals surface area contributed by atoms with Gasteiger partial charge in [0.05, 0.1) is 31.6 Å². The Morgan fingerprint density at radius 3 is 2.64 bits per heavy atom. The first kappa shape index (κ1) is 15.1. The van der Waals surface area contributed by atoms with Crippen LogP contribution in [0.3, 0.4) is 0 Å². The Kier molecular flexibility index (Phi) is 4.45. The first-order chi connectivity index (χ1) is 10.7. The Morgan fingerprint density at radius 2 is 1.95 bits per heavy atom. The van der Waals surface area contributed by atoms with Gasteiger partial charge in [-0.15, -0.1) is 0 Å². The predicted octanol–water partition coefficient (Wildman–Crippen LogP) is 2.61. The van der Waals surface area contributed by atoms with Crippen LogP contribution in [0.2, 0.25) is 0 Å². The molecule has 1 aromatic heterocycles. The van der Waals surface area contributed by atoms with Gasteiger partial charge in [-0.1, -0.05) is 12.1 Å². The largest absolute Gasteiger partial charge is 0.497 e. The molecule has 22 heavy (non-hydrogen) atoms. The maximum Gasteiger partial charge on any atom is 0.126 e. The lowest BCUT2D eigenvalue weighted by molar-refractivity contribution is 0.143. The molecule has 0 amide bonds. The Hall–Kier alpha value is -1.85. The van der Waals surface area contributed by atoms with Gasteiger partial charge < -0.3 is 14.0 Å². The van der Waals surface area contributed by atoms with Gasteiger partial charge in [-0.25, -0.2) is 4.98 Å². The lowest BCUT2D eigenvalue weighted by Crippen LogP contribution is -2.37. The monoisotopic (exact) mass is 301 g/mol. The third-order valence-corrected chi connectivity index (χ3v) is 4.34. The van der Waals surface area contributed by atoms with Crippen LogP contribution in [-0.4, -0.2) is 35.2 Å². The molecule has 1 aromatic carbocycles. The zero-order chi connectivity index (χ0) is 15.5. The summed E-state index contributed by atoms with van der Waals surface area (Å²) in [6.07, 6.45) is 1.94. The number of rotatable bonds is 5. The van der Waals surface area contributed by atoms with Crippen LogP contribution in [0.15, 0.2) is 30.5 Å². The first-order valence-corrected chi connectivity index (χ1v) is 7.63. The van der Waals surface area contributed by atoms with Gasteiger partial charge in [-0.05, 0) is 24.6 Å². The molecule has 0 N–H and O–H groups in total. The molecule has 1 atom stereocenters. The van der Waals surface area contributed by atoms with E-state index in [1.807, 2.05) is 18.3 Å². The summed E-state index contributed by atoms with van der Waals surface area (Å²) in [7, 11) is 3.42. The Balaban J connectivity index is 1.73. The second-order valence-electron chi connectivity index (χ2n) is 5.69. The Labute approximate surface area is 131 Å². The molecule has 5 nitrogen and oxygen atoms in total. The molecule has 0 radical (unpaired) electrons. The van der Waals surface area contributed by atoms with Crippen LogP contribution in [0.4, 0.5) is 0 Å². The highest BCUT2D eigenvalue weighted by Gasteiger charge is 2.26. The zero-order valence-electron chi connectivity index (χ0n) is 13.5. The van der Waals surface area contributed by atoms with Crippen LogP contribution < -0.4 is 4.74 Å². The van der Waals surface area contributed by atoms with Crippen LogP contribution in [-0.2, 0) is 24.4 Å². The molecular formula is C17H23N3O2. The summed E-state index contributed by atoms with van der Waals surface area (Å²) in [5.41, 5.74) is 2.46. The zero-order valence-corrected chi connectivity index (χ0v) is 13.5. The van der Waals surface area contributed by atoms with E-state index in [1.165, 1.54) is 5.56 Å². The molecule has 2 heterocycles. The predicted molar refractivity (Wildman–Crippen MR) is 84.8 cm³/mol. The second kappa shape index (κ2) is 6.50. The third kappa shape index (κ3) is 2.87. The molecule has 1 aliphatic rings. The van der Waals surface area contributed by atoms with E-state index < -0.39 is 0 Å². The molecule has 2 aromatic rings. The average Bonchev–Trinajstić information content (AvgIpc) is 2.95. The molecule has 0 aliphatic carbocycles. The van der Waals surface area contributed by atoms with Crippen LogP contribution in [0, 0.1) is 0 Å². The summed E-state index contributed by atoms with van der Waals surface area (Å²) in [5.74, 6) is 2.03. The van der Waals surface area contributed by atoms with Gasteiger partial charge in [0.15, 0.2) is 0 Å². The average molecular weight is 301 g/mol. The number of imidazole rings is 1. The molecule has 0 fully saturated rings. The summed E-state index contributed by atoms with van der Waals surface area (Å²) in [6, 6.07) is 8.59. The number of benzene rings is 1. The molecular weight excluding hydrogens is 278 g/mol. The smallest absolute Gasteiger partial charge is 0.126 e. The summed E-state index contributed by atoms with van der Waals surface area (Å²) in [4.78, 5) is 7.06. The van der Waals surface area contributed by atoms with Crippen molar-refractivity contribution in [2.24, 2.45) is 0 Å². The van der Waals surface area contributed by atoms with Gasteiger partial charge in [-0.3, -0.25) is 4.90 Å². The fraction of sp³-hybridized carbons (Fsp3) is 0.471. The quantitative estimate of drug-likeness (QED) is 0.851. The maximum atomic E-state index is 5.25. The summed E-state index contributed by atoms with van der Waals surface area (Å²) < 4.78 is 12.7. The third-order valence-electron chi connectivity index (χ3n) is 4.34. The second-order valence-corrected chi connectivity index (χ2v) is 5.69. The summed E-state index contributed by atoms with van der Waals surface area (Å²) >= 11 is 0. The van der Waals surface area contributed by atoms with Crippen molar-refractivity contribution in [1.29, 1.82) is 0 Å². The van der Waals surface area contributed by atoms with Gasteiger partial charge in [0.25, 0.3) is 0 Å². The van der Waals surface area contributed by atoms with E-state index >= 15 is 0 Å². The summed E-state index contributed by atoms with van der Waals surface area (Å²) in [6.45, 7) is 5.76. The van der Waals surface area contributed by atoms with Gasteiger partial charge in [-0.2, -0.15) is 0 Å². The molecule has 0 spiro atoms. The normalized spacial score (nSPS) is 18.2. The fourth-order valence-corrected chi connectivity index (χ4v) is 3.05. The first-order valence-electron chi connectivity index (χ1n) is 7.63. The van der Waals surface area contributed by atoms with Crippen molar-refractivity contribution in [3.63, 3.8) is 0 Å². The van der Waals surface area contributed by atoms with Crippen molar-refractivity contribution in [2.75, 3.05) is 20.8 Å². The molecule has 3 rings (SSSR count). The van der Waals surface area contributed by atoms with Crippen molar-refractivity contribution < 1.29 is 9.47 Å². The van der Waals surface area contributed by atoms with E-state index in [2.05, 4.69) is 33.5 Å². The van der Waals surface area contributed by atoms with Gasteiger partial charge in [0, 0.05) is 26.7 Å². The molecule has 5 heteroatoms. The van der Waals surface area contributed by atoms with Crippen molar-refractivity contribution >= 4 is 0 Å². The Bertz CT molecular complexity index is 621. The molecule has 118 valence electrons. The lowest BCUT2D eigenvalue weighted by Gasteiger charge is -2.34. The fourth-order valence-electron chi connectivity index (χ4n) is 3.05. The standard InChI is InChI=1S/C17H23N3O2/c1-13-17-18-10-15(12-21-2)20(17)9-8-19(13)11-14-4-6-16(22-3)7-5-14/h4-7,10,13H,8-9,11-12H2,1-3H3/t13-/m1/s1. The van der Waals surface area contributed by atoms with Gasteiger partial charge in [0.1, 0.15) is 11.6 Å². The molecule has 0 saturated carbocycles. The highest BCUT2D eigenvalue weighted by molar-refractivity contribution is 5.27. The topological polar surface area (TPSA) is 39.5 Å². The van der Waals surface area contributed by atoms with E-state index in [1.54, 1.807) is 14.2 Å². The number of aromatic nitrogens is 2. The number of fused-ring (bicyclic) bond motifs is 1. The number of nitrogens with zero attached hydrogens (tertiary/aromatic N) is 3.